The van der Waals surface area contributed by atoms with Gasteiger partial charge in [-0.2, -0.15) is 0 Å². The highest BCUT2D eigenvalue weighted by molar-refractivity contribution is 6.00. The quantitative estimate of drug-likeness (QED) is 0.0439. The lowest BCUT2D eigenvalue weighted by Gasteiger charge is -2.35. The number of carbonyl (C=O) groups excluding carboxylic acids is 7. The largest absolute Gasteiger partial charge is 0.380 e. The third-order valence-corrected chi connectivity index (χ3v) is 15.8. The minimum Gasteiger partial charge on any atom is -0.380 e. The standard InChI is InChI=1S/C50H75N9O6.C11H13NO/c1-9-17-40(55-39-24-15-19-34-18-10-11-22-38(34)39)42-25-16-28-59(42)48(64)41(56-44(60)32(2)51-7)23-12-13-27-53-46(62)35-20-14-21-36(30-35)47(63)54-37-26-29-58(31-37)49(65)43(50(4,5)6)57-45(61)33(3)52-8;13-8-12-11-7-3-5-9-4-1-2-6-10(9)11/h10-11,14,17-18,20-22,30,32-33,37,39,41-43,51-52,55H,9,12-13,15-16,19,23-29,31H2,1-8H3,(H,53,62)(H,54,63)(H,56,60)(H,57,61);1-2,4,6,8,11H,3,5,7H2,(H,12,13)/b40-17+;/t32?,33-,37-,39?,41-,42?,43?;/m0./s1. The van der Waals surface area contributed by atoms with Crippen molar-refractivity contribution in [3.63, 3.8) is 0 Å². The van der Waals surface area contributed by atoms with Gasteiger partial charge in [-0.1, -0.05) is 88.4 Å². The first-order chi connectivity index (χ1) is 37.5. The van der Waals surface area contributed by atoms with Crippen molar-refractivity contribution in [2.24, 2.45) is 5.41 Å². The number of fused-ring (bicyclic) bond motifs is 2. The highest BCUT2D eigenvalue weighted by Crippen LogP contribution is 2.34. The molecule has 0 radical (unpaired) electrons. The van der Waals surface area contributed by atoms with Crippen LogP contribution in [0, 0.1) is 5.41 Å². The van der Waals surface area contributed by atoms with Crippen LogP contribution in [0.3, 0.4) is 0 Å². The summed E-state index contributed by atoms with van der Waals surface area (Å²) in [7, 11) is 3.40. The van der Waals surface area contributed by atoms with Crippen LogP contribution >= 0.6 is 0 Å². The van der Waals surface area contributed by atoms with Crippen LogP contribution in [0.1, 0.15) is 167 Å². The van der Waals surface area contributed by atoms with E-state index >= 15 is 0 Å². The Labute approximate surface area is 463 Å². The van der Waals surface area contributed by atoms with E-state index in [1.807, 2.05) is 31.7 Å². The zero-order valence-corrected chi connectivity index (χ0v) is 47.5. The summed E-state index contributed by atoms with van der Waals surface area (Å²) in [6.07, 6.45) is 14.3. The number of unbranched alkanes of at least 4 members (excludes halogenated alkanes) is 1. The third kappa shape index (κ3) is 16.5. The predicted molar refractivity (Wildman–Crippen MR) is 305 cm³/mol. The van der Waals surface area contributed by atoms with E-state index in [0.717, 1.165) is 63.5 Å². The summed E-state index contributed by atoms with van der Waals surface area (Å²) in [6, 6.07) is 21.1. The Morgan fingerprint density at radius 1 is 0.692 bits per heavy atom. The summed E-state index contributed by atoms with van der Waals surface area (Å²) in [4.78, 5) is 94.6. The number of nitrogens with zero attached hydrogens (tertiary/aromatic N) is 2. The van der Waals surface area contributed by atoms with Gasteiger partial charge in [0.05, 0.1) is 30.2 Å². The Morgan fingerprint density at radius 2 is 1.31 bits per heavy atom. The van der Waals surface area contributed by atoms with Crippen LogP contribution in [0.15, 0.2) is 84.6 Å². The second kappa shape index (κ2) is 29.4. The third-order valence-electron chi connectivity index (χ3n) is 15.8. The Balaban J connectivity index is 0.000000655. The molecule has 7 rings (SSSR count). The van der Waals surface area contributed by atoms with E-state index in [1.165, 1.54) is 28.7 Å². The number of hydrogen-bond donors (Lipinski definition) is 8. The van der Waals surface area contributed by atoms with E-state index in [2.05, 4.69) is 98.0 Å². The van der Waals surface area contributed by atoms with Crippen LogP contribution in [0.25, 0.3) is 0 Å². The van der Waals surface area contributed by atoms with Gasteiger partial charge in [0.1, 0.15) is 12.1 Å². The van der Waals surface area contributed by atoms with E-state index in [4.69, 9.17) is 0 Å². The van der Waals surface area contributed by atoms with Crippen molar-refractivity contribution in [2.45, 2.75) is 173 Å². The van der Waals surface area contributed by atoms with Crippen molar-refractivity contribution in [3.05, 3.63) is 118 Å². The summed E-state index contributed by atoms with van der Waals surface area (Å²) in [5, 5.41) is 24.5. The van der Waals surface area contributed by atoms with Gasteiger partial charge >= 0.3 is 0 Å². The van der Waals surface area contributed by atoms with E-state index in [0.29, 0.717) is 63.0 Å². The Bertz CT molecular complexity index is 2560. The van der Waals surface area contributed by atoms with Gasteiger partial charge in [0.15, 0.2) is 0 Å². The lowest BCUT2D eigenvalue weighted by atomic mass is 9.85. The molecule has 3 aromatic rings. The predicted octanol–water partition coefficient (Wildman–Crippen LogP) is 5.91. The molecule has 2 fully saturated rings. The second-order valence-electron chi connectivity index (χ2n) is 22.4. The molecule has 78 heavy (non-hydrogen) atoms. The fraction of sp³-hybridized carbons (Fsp3) is 0.557. The van der Waals surface area contributed by atoms with Gasteiger partial charge < -0.3 is 52.3 Å². The first-order valence-electron chi connectivity index (χ1n) is 28.5. The molecule has 4 aliphatic rings. The SMILES string of the molecule is CC/C=C(/NC1CCCc2ccccc21)C1CCCN1C(=O)[C@H](CCCCNC(=O)c1cccc(C(=O)N[C@H]2CCN(C(=O)C(NC(=O)[C@H](C)NC)C(C)(C)C)C2)c1)NC(=O)C(C)NC.O=CNC1CCCc2ccccc21. The monoisotopic (exact) mass is 1070 g/mol. The van der Waals surface area contributed by atoms with Crippen LogP contribution in [0.4, 0.5) is 0 Å². The van der Waals surface area contributed by atoms with E-state index < -0.39 is 29.6 Å². The summed E-state index contributed by atoms with van der Waals surface area (Å²) in [5.41, 5.74) is 6.58. The van der Waals surface area contributed by atoms with Gasteiger partial charge in [-0.15, -0.1) is 0 Å². The topological polar surface area (TPSA) is 222 Å². The molecule has 2 heterocycles. The number of rotatable bonds is 22. The van der Waals surface area contributed by atoms with Gasteiger partial charge in [-0.05, 0) is 157 Å². The van der Waals surface area contributed by atoms with Gasteiger partial charge in [0.2, 0.25) is 30.0 Å². The van der Waals surface area contributed by atoms with Crippen LogP contribution in [0.2, 0.25) is 0 Å². The number of aryl methyl sites for hydroxylation is 2. The Morgan fingerprint density at radius 3 is 1.94 bits per heavy atom. The van der Waals surface area contributed by atoms with Crippen molar-refractivity contribution in [2.75, 3.05) is 40.3 Å². The maximum atomic E-state index is 14.4. The molecule has 2 aliphatic carbocycles. The molecule has 0 aromatic heterocycles. The van der Waals surface area contributed by atoms with Gasteiger partial charge in [0, 0.05) is 49.0 Å². The summed E-state index contributed by atoms with van der Waals surface area (Å²) < 4.78 is 0. The Hall–Kier alpha value is -6.59. The molecule has 5 unspecified atom stereocenters. The molecule has 7 amide bonds. The second-order valence-corrected chi connectivity index (χ2v) is 22.4. The lowest BCUT2D eigenvalue weighted by Crippen LogP contribution is -2.57. The first kappa shape index (κ1) is 60.6. The molecule has 424 valence electrons. The summed E-state index contributed by atoms with van der Waals surface area (Å²) in [6.45, 7) is 13.0. The molecular formula is C61H88N10O7. The highest BCUT2D eigenvalue weighted by atomic mass is 16.2. The zero-order valence-electron chi connectivity index (χ0n) is 47.5. The van der Waals surface area contributed by atoms with Crippen molar-refractivity contribution >= 4 is 41.9 Å². The molecule has 3 aromatic carbocycles. The minimum absolute atomic E-state index is 0.0921. The molecule has 0 saturated carbocycles. The van der Waals surface area contributed by atoms with Crippen molar-refractivity contribution < 1.29 is 33.6 Å². The van der Waals surface area contributed by atoms with Crippen LogP contribution in [-0.4, -0.2) is 128 Å². The van der Waals surface area contributed by atoms with E-state index in [9.17, 15) is 33.6 Å². The minimum atomic E-state index is -0.732. The van der Waals surface area contributed by atoms with Gasteiger partial charge in [-0.25, -0.2) is 0 Å². The van der Waals surface area contributed by atoms with Gasteiger partial charge in [0.25, 0.3) is 11.8 Å². The molecule has 8 atom stereocenters. The number of hydrogen-bond acceptors (Lipinski definition) is 10. The summed E-state index contributed by atoms with van der Waals surface area (Å²) in [5.74, 6) is -1.46. The average Bonchev–Trinajstić information content (AvgIpc) is 4.14. The normalized spacial score (nSPS) is 20.5. The number of nitrogens with one attached hydrogen (secondary N) is 8. The van der Waals surface area contributed by atoms with E-state index in [1.54, 1.807) is 57.1 Å². The summed E-state index contributed by atoms with van der Waals surface area (Å²) >= 11 is 0. The molecule has 17 nitrogen and oxygen atoms in total. The lowest BCUT2D eigenvalue weighted by molar-refractivity contribution is -0.139. The highest BCUT2D eigenvalue weighted by Gasteiger charge is 2.40. The van der Waals surface area contributed by atoms with Crippen LogP contribution in [0.5, 0.6) is 0 Å². The van der Waals surface area contributed by atoms with Crippen molar-refractivity contribution in [1.29, 1.82) is 0 Å². The molecule has 2 saturated heterocycles. The van der Waals surface area contributed by atoms with Crippen LogP contribution in [-0.2, 0) is 36.8 Å². The number of allylic oxidation sites excluding steroid dienone is 1. The van der Waals surface area contributed by atoms with Crippen molar-refractivity contribution in [3.8, 4) is 0 Å². The number of benzene rings is 3. The maximum Gasteiger partial charge on any atom is 0.251 e. The molecule has 17 heteroatoms. The number of amides is 7. The fourth-order valence-corrected chi connectivity index (χ4v) is 11.0. The first-order valence-corrected chi connectivity index (χ1v) is 28.5. The Kier molecular flexibility index (Phi) is 22.9. The van der Waals surface area contributed by atoms with Crippen molar-refractivity contribution in [1.82, 2.24) is 52.3 Å². The molecule has 8 N–H and O–H groups in total. The molecule has 0 bridgehead atoms. The number of likely N-dealkylation sites (N-methyl/N-ethyl adjacent to an activating group) is 2. The molecule has 0 spiro atoms. The molecular weight excluding hydrogens is 985 g/mol. The van der Waals surface area contributed by atoms with Gasteiger partial charge in [-0.3, -0.25) is 33.6 Å². The molecule has 2 aliphatic heterocycles. The zero-order chi connectivity index (χ0) is 56.4. The van der Waals surface area contributed by atoms with E-state index in [-0.39, 0.29) is 59.6 Å². The number of carbonyl (C=O) groups is 7. The average molecular weight is 1070 g/mol. The smallest absolute Gasteiger partial charge is 0.251 e. The maximum absolute atomic E-state index is 14.4. The fourth-order valence-electron chi connectivity index (χ4n) is 11.0. The number of likely N-dealkylation sites (tertiary alicyclic amines) is 2. The van der Waals surface area contributed by atoms with Crippen LogP contribution < -0.4 is 42.5 Å².